The second kappa shape index (κ2) is 5.58. The summed E-state index contributed by atoms with van der Waals surface area (Å²) in [6.07, 6.45) is 1.53. The van der Waals surface area contributed by atoms with Crippen molar-refractivity contribution in [3.63, 3.8) is 0 Å². The molecule has 0 unspecified atom stereocenters. The van der Waals surface area contributed by atoms with Crippen LogP contribution in [0.5, 0.6) is 0 Å². The first-order valence-corrected chi connectivity index (χ1v) is 5.29. The average molecular weight is 215 g/mol. The molecule has 15 heavy (non-hydrogen) atoms. The van der Waals surface area contributed by atoms with Crippen molar-refractivity contribution in [1.29, 1.82) is 0 Å². The molecule has 1 saturated heterocycles. The van der Waals surface area contributed by atoms with Crippen LogP contribution in [-0.4, -0.2) is 41.8 Å². The number of piperidine rings is 1. The lowest BCUT2D eigenvalue weighted by Crippen LogP contribution is -2.40. The Morgan fingerprint density at radius 3 is 2.47 bits per heavy atom. The Kier molecular flexibility index (Phi) is 4.39. The minimum absolute atomic E-state index is 0.305. The molecule has 0 aromatic carbocycles. The molecule has 86 valence electrons. The highest BCUT2D eigenvalue weighted by atomic mass is 16.6. The number of aliphatic carboxylic acids is 1. The molecular formula is C10H17NO4. The number of rotatable bonds is 3. The van der Waals surface area contributed by atoms with E-state index >= 15 is 0 Å². The summed E-state index contributed by atoms with van der Waals surface area (Å²) in [5.41, 5.74) is 0. The number of likely N-dealkylation sites (tertiary alicyclic amines) is 1. The smallest absolute Gasteiger partial charge is 0.409 e. The van der Waals surface area contributed by atoms with E-state index in [9.17, 15) is 9.59 Å². The van der Waals surface area contributed by atoms with Crippen LogP contribution in [0.15, 0.2) is 0 Å². The fraction of sp³-hybridized carbons (Fsp3) is 0.800. The van der Waals surface area contributed by atoms with E-state index < -0.39 is 5.97 Å². The van der Waals surface area contributed by atoms with Crippen molar-refractivity contribution in [3.05, 3.63) is 0 Å². The van der Waals surface area contributed by atoms with Crippen molar-refractivity contribution in [1.82, 2.24) is 4.90 Å². The Morgan fingerprint density at radius 2 is 2.00 bits per heavy atom. The van der Waals surface area contributed by atoms with Crippen molar-refractivity contribution >= 4 is 12.1 Å². The summed E-state index contributed by atoms with van der Waals surface area (Å²) in [7, 11) is 0. The number of amides is 1. The van der Waals surface area contributed by atoms with E-state index in [2.05, 4.69) is 0 Å². The third-order valence-electron chi connectivity index (χ3n) is 2.53. The molecule has 0 aromatic heterocycles. The number of hydrogen-bond donors (Lipinski definition) is 1. The standard InChI is InChI=1S/C10H17NO4/c1-2-7-15-10(14)11-5-3-8(4-6-11)9(12)13/h8H,2-7H2,1H3,(H,12,13). The van der Waals surface area contributed by atoms with Gasteiger partial charge in [-0.05, 0) is 19.3 Å². The second-order valence-electron chi connectivity index (χ2n) is 3.71. The summed E-state index contributed by atoms with van der Waals surface area (Å²) in [5, 5.41) is 8.77. The third kappa shape index (κ3) is 3.42. The monoisotopic (exact) mass is 215 g/mol. The van der Waals surface area contributed by atoms with Crippen molar-refractivity contribution < 1.29 is 19.4 Å². The molecule has 1 aliphatic heterocycles. The maximum atomic E-state index is 11.4. The van der Waals surface area contributed by atoms with Gasteiger partial charge in [0.15, 0.2) is 0 Å². The maximum Gasteiger partial charge on any atom is 0.409 e. The van der Waals surface area contributed by atoms with Crippen LogP contribution >= 0.6 is 0 Å². The van der Waals surface area contributed by atoms with Gasteiger partial charge in [0, 0.05) is 13.1 Å². The van der Waals surface area contributed by atoms with Gasteiger partial charge in [-0.15, -0.1) is 0 Å². The Labute approximate surface area is 89.0 Å². The first-order chi connectivity index (χ1) is 7.15. The molecule has 0 bridgehead atoms. The van der Waals surface area contributed by atoms with Gasteiger partial charge >= 0.3 is 12.1 Å². The molecule has 0 saturated carbocycles. The molecular weight excluding hydrogens is 198 g/mol. The van der Waals surface area contributed by atoms with Gasteiger partial charge in [-0.2, -0.15) is 0 Å². The molecule has 0 atom stereocenters. The molecule has 0 radical (unpaired) electrons. The summed E-state index contributed by atoms with van der Waals surface area (Å²) in [5.74, 6) is -1.07. The molecule has 1 rings (SSSR count). The van der Waals surface area contributed by atoms with Crippen molar-refractivity contribution in [2.45, 2.75) is 26.2 Å². The van der Waals surface area contributed by atoms with E-state index in [4.69, 9.17) is 9.84 Å². The molecule has 1 amide bonds. The molecule has 0 aliphatic carbocycles. The van der Waals surface area contributed by atoms with Crippen molar-refractivity contribution in [3.8, 4) is 0 Å². The average Bonchev–Trinajstić information content (AvgIpc) is 2.26. The van der Waals surface area contributed by atoms with Gasteiger partial charge in [0.2, 0.25) is 0 Å². The Bertz CT molecular complexity index is 234. The number of carbonyl (C=O) groups excluding carboxylic acids is 1. The number of carbonyl (C=O) groups is 2. The van der Waals surface area contributed by atoms with E-state index in [1.165, 1.54) is 0 Å². The fourth-order valence-electron chi connectivity index (χ4n) is 1.59. The molecule has 5 heteroatoms. The van der Waals surface area contributed by atoms with E-state index in [0.717, 1.165) is 6.42 Å². The summed E-state index contributed by atoms with van der Waals surface area (Å²) in [6.45, 7) is 3.33. The Balaban J connectivity index is 2.30. The highest BCUT2D eigenvalue weighted by molar-refractivity contribution is 5.71. The topological polar surface area (TPSA) is 66.8 Å². The maximum absolute atomic E-state index is 11.4. The predicted octanol–water partition coefficient (Wildman–Crippen LogP) is 1.33. The number of carboxylic acid groups (broad SMARTS) is 1. The minimum Gasteiger partial charge on any atom is -0.481 e. The van der Waals surface area contributed by atoms with Gasteiger partial charge in [0.25, 0.3) is 0 Å². The lowest BCUT2D eigenvalue weighted by atomic mass is 9.97. The van der Waals surface area contributed by atoms with Gasteiger partial charge in [0.05, 0.1) is 12.5 Å². The van der Waals surface area contributed by atoms with Crippen LogP contribution in [0, 0.1) is 5.92 Å². The zero-order chi connectivity index (χ0) is 11.3. The van der Waals surface area contributed by atoms with E-state index in [0.29, 0.717) is 32.5 Å². The first kappa shape index (κ1) is 11.8. The molecule has 0 spiro atoms. The number of nitrogens with zero attached hydrogens (tertiary/aromatic N) is 1. The van der Waals surface area contributed by atoms with Crippen LogP contribution in [0.4, 0.5) is 4.79 Å². The van der Waals surface area contributed by atoms with Gasteiger partial charge in [-0.3, -0.25) is 4.79 Å². The highest BCUT2D eigenvalue weighted by Gasteiger charge is 2.27. The largest absolute Gasteiger partial charge is 0.481 e. The van der Waals surface area contributed by atoms with E-state index in [-0.39, 0.29) is 12.0 Å². The third-order valence-corrected chi connectivity index (χ3v) is 2.53. The molecule has 1 heterocycles. The molecule has 5 nitrogen and oxygen atoms in total. The lowest BCUT2D eigenvalue weighted by Gasteiger charge is -2.29. The van der Waals surface area contributed by atoms with Gasteiger partial charge < -0.3 is 14.7 Å². The second-order valence-corrected chi connectivity index (χ2v) is 3.71. The van der Waals surface area contributed by atoms with Crippen LogP contribution < -0.4 is 0 Å². The Hall–Kier alpha value is -1.26. The summed E-state index contributed by atoms with van der Waals surface area (Å²) in [6, 6.07) is 0. The van der Waals surface area contributed by atoms with Crippen LogP contribution in [0.1, 0.15) is 26.2 Å². The van der Waals surface area contributed by atoms with E-state index in [1.807, 2.05) is 6.92 Å². The molecule has 1 fully saturated rings. The SMILES string of the molecule is CCCOC(=O)N1CCC(C(=O)O)CC1. The summed E-state index contributed by atoms with van der Waals surface area (Å²) < 4.78 is 4.97. The normalized spacial score (nSPS) is 17.5. The quantitative estimate of drug-likeness (QED) is 0.771. The zero-order valence-electron chi connectivity index (χ0n) is 8.94. The predicted molar refractivity (Wildman–Crippen MR) is 53.6 cm³/mol. The summed E-state index contributed by atoms with van der Waals surface area (Å²) in [4.78, 5) is 23.6. The number of hydrogen-bond acceptors (Lipinski definition) is 3. The van der Waals surface area contributed by atoms with Gasteiger partial charge in [-0.1, -0.05) is 6.92 Å². The van der Waals surface area contributed by atoms with Crippen molar-refractivity contribution in [2.75, 3.05) is 19.7 Å². The van der Waals surface area contributed by atoms with Crippen LogP contribution in [0.3, 0.4) is 0 Å². The van der Waals surface area contributed by atoms with Crippen LogP contribution in [0.2, 0.25) is 0 Å². The lowest BCUT2D eigenvalue weighted by molar-refractivity contribution is -0.143. The number of ether oxygens (including phenoxy) is 1. The van der Waals surface area contributed by atoms with Crippen molar-refractivity contribution in [2.24, 2.45) is 5.92 Å². The van der Waals surface area contributed by atoms with Gasteiger partial charge in [-0.25, -0.2) is 4.79 Å². The summed E-state index contributed by atoms with van der Waals surface area (Å²) >= 11 is 0. The minimum atomic E-state index is -0.767. The van der Waals surface area contributed by atoms with Crippen LogP contribution in [-0.2, 0) is 9.53 Å². The number of carboxylic acids is 1. The van der Waals surface area contributed by atoms with E-state index in [1.54, 1.807) is 4.90 Å². The molecule has 1 N–H and O–H groups in total. The zero-order valence-corrected chi connectivity index (χ0v) is 8.94. The molecule has 1 aliphatic rings. The first-order valence-electron chi connectivity index (χ1n) is 5.29. The highest BCUT2D eigenvalue weighted by Crippen LogP contribution is 2.17. The molecule has 0 aromatic rings. The van der Waals surface area contributed by atoms with Crippen LogP contribution in [0.25, 0.3) is 0 Å². The fourth-order valence-corrected chi connectivity index (χ4v) is 1.59. The van der Waals surface area contributed by atoms with Gasteiger partial charge in [0.1, 0.15) is 0 Å². The Morgan fingerprint density at radius 1 is 1.40 bits per heavy atom.